The first-order valence-electron chi connectivity index (χ1n) is 13.0. The molecule has 0 aliphatic carbocycles. The SMILES string of the molecule is CC(C)Oc1cccc(CC(=O)N(C)CC(CC[N+]23CCC(CC2)CC3)c2ccc(Cl)c(Cl)c2)c1. The molecule has 190 valence electrons. The molecule has 1 amide bonds. The van der Waals surface area contributed by atoms with E-state index in [0.29, 0.717) is 23.0 Å². The van der Waals surface area contributed by atoms with E-state index >= 15 is 0 Å². The summed E-state index contributed by atoms with van der Waals surface area (Å²) in [4.78, 5) is 15.1. The fourth-order valence-corrected chi connectivity index (χ4v) is 6.08. The van der Waals surface area contributed by atoms with Gasteiger partial charge in [-0.05, 0) is 74.4 Å². The molecule has 3 saturated heterocycles. The van der Waals surface area contributed by atoms with Gasteiger partial charge in [-0.3, -0.25) is 4.79 Å². The van der Waals surface area contributed by atoms with Crippen molar-refractivity contribution in [1.29, 1.82) is 0 Å². The Morgan fingerprint density at radius 3 is 2.43 bits per heavy atom. The predicted octanol–water partition coefficient (Wildman–Crippen LogP) is 6.59. The van der Waals surface area contributed by atoms with Crippen LogP contribution >= 0.6 is 23.2 Å². The van der Waals surface area contributed by atoms with Crippen molar-refractivity contribution in [3.63, 3.8) is 0 Å². The molecular weight excluding hydrogens is 479 g/mol. The van der Waals surface area contributed by atoms with Crippen molar-refractivity contribution in [1.82, 2.24) is 4.90 Å². The van der Waals surface area contributed by atoms with Gasteiger partial charge in [0.2, 0.25) is 5.91 Å². The number of nitrogens with zero attached hydrogens (tertiary/aromatic N) is 2. The van der Waals surface area contributed by atoms with Crippen LogP contribution in [0, 0.1) is 5.92 Å². The lowest BCUT2D eigenvalue weighted by Crippen LogP contribution is -2.58. The maximum absolute atomic E-state index is 13.2. The molecule has 35 heavy (non-hydrogen) atoms. The number of fused-ring (bicyclic) bond motifs is 3. The number of rotatable bonds is 10. The largest absolute Gasteiger partial charge is 0.491 e. The van der Waals surface area contributed by atoms with Crippen LogP contribution in [0.5, 0.6) is 5.75 Å². The highest BCUT2D eigenvalue weighted by molar-refractivity contribution is 6.42. The standard InChI is InChI=1S/C29H39Cl2N2O2/c1-21(2)35-26-6-4-5-23(17-26)18-29(34)32(3)20-25(24-7-8-27(30)28(31)19-24)12-16-33-13-9-22(10-14-33)11-15-33/h4-8,17,19,21-22,25H,9-16,18,20H2,1-3H3/q+1. The monoisotopic (exact) mass is 517 g/mol. The third-order valence-corrected chi connectivity index (χ3v) is 8.69. The van der Waals surface area contributed by atoms with Crippen molar-refractivity contribution < 1.29 is 14.0 Å². The summed E-state index contributed by atoms with van der Waals surface area (Å²) in [5.41, 5.74) is 2.14. The molecule has 2 aromatic carbocycles. The topological polar surface area (TPSA) is 29.5 Å². The fraction of sp³-hybridized carbons (Fsp3) is 0.552. The Morgan fingerprint density at radius 2 is 1.77 bits per heavy atom. The lowest BCUT2D eigenvalue weighted by Gasteiger charge is -2.49. The summed E-state index contributed by atoms with van der Waals surface area (Å²) in [5.74, 6) is 2.10. The average Bonchev–Trinajstić information content (AvgIpc) is 2.84. The van der Waals surface area contributed by atoms with E-state index in [4.69, 9.17) is 27.9 Å². The molecule has 3 aliphatic heterocycles. The van der Waals surface area contributed by atoms with Crippen molar-refractivity contribution in [2.45, 2.75) is 58.0 Å². The molecule has 1 atom stereocenters. The Hall–Kier alpha value is -1.75. The van der Waals surface area contributed by atoms with Gasteiger partial charge in [-0.25, -0.2) is 0 Å². The molecule has 0 radical (unpaired) electrons. The smallest absolute Gasteiger partial charge is 0.226 e. The lowest BCUT2D eigenvalue weighted by molar-refractivity contribution is -0.943. The first-order valence-corrected chi connectivity index (χ1v) is 13.8. The first kappa shape index (κ1) is 26.3. The van der Waals surface area contributed by atoms with Crippen molar-refractivity contribution in [3.8, 4) is 5.75 Å². The number of quaternary nitrogens is 1. The van der Waals surface area contributed by atoms with Crippen LogP contribution in [0.3, 0.4) is 0 Å². The number of amides is 1. The number of carbonyl (C=O) groups excluding carboxylic acids is 1. The van der Waals surface area contributed by atoms with E-state index in [1.165, 1.54) is 43.4 Å². The zero-order valence-corrected chi connectivity index (χ0v) is 22.8. The molecule has 3 aliphatic rings. The maximum atomic E-state index is 13.2. The van der Waals surface area contributed by atoms with E-state index in [-0.39, 0.29) is 17.9 Å². The molecule has 0 N–H and O–H groups in total. The minimum atomic E-state index is 0.104. The van der Waals surface area contributed by atoms with Gasteiger partial charge in [0.25, 0.3) is 0 Å². The summed E-state index contributed by atoms with van der Waals surface area (Å²) < 4.78 is 7.05. The van der Waals surface area contributed by atoms with E-state index < -0.39 is 0 Å². The number of piperidine rings is 3. The summed E-state index contributed by atoms with van der Waals surface area (Å²) >= 11 is 12.6. The molecule has 5 rings (SSSR count). The molecule has 1 unspecified atom stereocenters. The Morgan fingerprint density at radius 1 is 1.06 bits per heavy atom. The Kier molecular flexibility index (Phi) is 8.67. The summed E-state index contributed by atoms with van der Waals surface area (Å²) in [6.07, 6.45) is 5.62. The lowest BCUT2D eigenvalue weighted by atomic mass is 9.84. The second-order valence-electron chi connectivity index (χ2n) is 10.9. The highest BCUT2D eigenvalue weighted by Crippen LogP contribution is 2.36. The summed E-state index contributed by atoms with van der Waals surface area (Å²) in [6.45, 7) is 9.76. The van der Waals surface area contributed by atoms with Gasteiger partial charge >= 0.3 is 0 Å². The number of hydrogen-bond donors (Lipinski definition) is 0. The molecule has 3 fully saturated rings. The summed E-state index contributed by atoms with van der Waals surface area (Å²) in [5, 5.41) is 1.15. The van der Waals surface area contributed by atoms with Gasteiger partial charge < -0.3 is 14.1 Å². The third-order valence-electron chi connectivity index (χ3n) is 7.95. The molecule has 0 spiro atoms. The number of hydrogen-bond acceptors (Lipinski definition) is 2. The number of halogens is 2. The van der Waals surface area contributed by atoms with Crippen LogP contribution in [0.2, 0.25) is 10.0 Å². The second kappa shape index (κ2) is 11.5. The van der Waals surface area contributed by atoms with Crippen LogP contribution in [0.4, 0.5) is 0 Å². The zero-order chi connectivity index (χ0) is 25.0. The number of likely N-dealkylation sites (N-methyl/N-ethyl adjacent to an activating group) is 1. The Balaban J connectivity index is 1.44. The molecule has 0 aromatic heterocycles. The average molecular weight is 519 g/mol. The number of benzene rings is 2. The van der Waals surface area contributed by atoms with E-state index in [2.05, 4.69) is 6.07 Å². The molecule has 0 saturated carbocycles. The highest BCUT2D eigenvalue weighted by atomic mass is 35.5. The normalized spacial score (nSPS) is 22.3. The van der Waals surface area contributed by atoms with Gasteiger partial charge in [0, 0.05) is 25.9 Å². The highest BCUT2D eigenvalue weighted by Gasteiger charge is 2.39. The molecule has 4 nitrogen and oxygen atoms in total. The quantitative estimate of drug-likeness (QED) is 0.332. The van der Waals surface area contributed by atoms with Crippen molar-refractivity contribution >= 4 is 29.1 Å². The van der Waals surface area contributed by atoms with Gasteiger partial charge in [0.15, 0.2) is 0 Å². The Bertz CT molecular complexity index is 1000. The van der Waals surface area contributed by atoms with Gasteiger partial charge in [0.1, 0.15) is 5.75 Å². The van der Waals surface area contributed by atoms with Crippen LogP contribution in [-0.2, 0) is 11.2 Å². The fourth-order valence-electron chi connectivity index (χ4n) is 5.78. The van der Waals surface area contributed by atoms with Crippen molar-refractivity contribution in [2.75, 3.05) is 39.8 Å². The number of ether oxygens (including phenoxy) is 1. The van der Waals surface area contributed by atoms with Crippen molar-refractivity contribution in [2.24, 2.45) is 5.92 Å². The van der Waals surface area contributed by atoms with Gasteiger partial charge in [0.05, 0.1) is 48.7 Å². The summed E-state index contributed by atoms with van der Waals surface area (Å²) in [6, 6.07) is 13.8. The maximum Gasteiger partial charge on any atom is 0.226 e. The first-order chi connectivity index (χ1) is 16.7. The van der Waals surface area contributed by atoms with Crippen molar-refractivity contribution in [3.05, 3.63) is 63.6 Å². The minimum Gasteiger partial charge on any atom is -0.491 e. The molecular formula is C29H39Cl2N2O2+. The van der Waals surface area contributed by atoms with Crippen LogP contribution in [0.15, 0.2) is 42.5 Å². The van der Waals surface area contributed by atoms with Crippen LogP contribution in [-0.4, -0.2) is 61.2 Å². The minimum absolute atomic E-state index is 0.104. The second-order valence-corrected chi connectivity index (χ2v) is 11.7. The van der Waals surface area contributed by atoms with Crippen LogP contribution in [0.1, 0.15) is 56.6 Å². The van der Waals surface area contributed by atoms with Gasteiger partial charge in [-0.1, -0.05) is 41.4 Å². The summed E-state index contributed by atoms with van der Waals surface area (Å²) in [7, 11) is 1.92. The molecule has 2 aromatic rings. The number of carbonyl (C=O) groups is 1. The Labute approximate surface area is 220 Å². The van der Waals surface area contributed by atoms with Gasteiger partial charge in [-0.2, -0.15) is 0 Å². The molecule has 3 heterocycles. The van der Waals surface area contributed by atoms with E-state index in [0.717, 1.165) is 35.8 Å². The van der Waals surface area contributed by atoms with Crippen LogP contribution < -0.4 is 4.74 Å². The van der Waals surface area contributed by atoms with Gasteiger partial charge in [-0.15, -0.1) is 0 Å². The third kappa shape index (κ3) is 6.93. The molecule has 6 heteroatoms. The molecule has 2 bridgehead atoms. The zero-order valence-electron chi connectivity index (χ0n) is 21.3. The van der Waals surface area contributed by atoms with E-state index in [1.807, 2.05) is 62.2 Å². The predicted molar refractivity (Wildman–Crippen MR) is 144 cm³/mol. The van der Waals surface area contributed by atoms with E-state index in [9.17, 15) is 4.79 Å². The van der Waals surface area contributed by atoms with E-state index in [1.54, 1.807) is 0 Å². The van der Waals surface area contributed by atoms with Crippen LogP contribution in [0.25, 0.3) is 0 Å².